The van der Waals surface area contributed by atoms with Gasteiger partial charge in [0, 0.05) is 6.04 Å². The van der Waals surface area contributed by atoms with Gasteiger partial charge in [-0.05, 0) is 62.0 Å². The molecule has 0 aliphatic carbocycles. The summed E-state index contributed by atoms with van der Waals surface area (Å²) in [5, 5.41) is 13.6. The van der Waals surface area contributed by atoms with E-state index in [-0.39, 0.29) is 6.04 Å². The van der Waals surface area contributed by atoms with E-state index >= 15 is 0 Å². The van der Waals surface area contributed by atoms with Gasteiger partial charge in [0.2, 0.25) is 0 Å². The van der Waals surface area contributed by atoms with Gasteiger partial charge in [-0.15, -0.1) is 0 Å². The third-order valence-electron chi connectivity index (χ3n) is 3.90. The minimum Gasteiger partial charge on any atom is -0.480 e. The van der Waals surface area contributed by atoms with Gasteiger partial charge in [0.1, 0.15) is 5.54 Å². The van der Waals surface area contributed by atoms with Crippen molar-refractivity contribution < 1.29 is 9.90 Å². The smallest absolute Gasteiger partial charge is 0.323 e. The second-order valence-corrected chi connectivity index (χ2v) is 5.74. The zero-order valence-corrected chi connectivity index (χ0v) is 11.2. The molecular formula is C13H19NO2S. The third-order valence-corrected chi connectivity index (χ3v) is 4.60. The van der Waals surface area contributed by atoms with Gasteiger partial charge in [-0.3, -0.25) is 9.69 Å². The maximum Gasteiger partial charge on any atom is 0.323 e. The summed E-state index contributed by atoms with van der Waals surface area (Å²) in [7, 11) is 0. The average molecular weight is 253 g/mol. The molecule has 1 fully saturated rings. The van der Waals surface area contributed by atoms with Crippen LogP contribution in [0.2, 0.25) is 0 Å². The fourth-order valence-corrected chi connectivity index (χ4v) is 3.43. The number of piperidine rings is 1. The molecule has 2 unspecified atom stereocenters. The number of likely N-dealkylation sites (tertiary alicyclic amines) is 1. The Morgan fingerprint density at radius 2 is 2.35 bits per heavy atom. The number of carboxylic acids is 1. The summed E-state index contributed by atoms with van der Waals surface area (Å²) in [5.74, 6) is -0.695. The van der Waals surface area contributed by atoms with E-state index in [4.69, 9.17) is 0 Å². The molecule has 94 valence electrons. The maximum absolute atomic E-state index is 11.5. The fourth-order valence-electron chi connectivity index (χ4n) is 2.69. The van der Waals surface area contributed by atoms with E-state index in [9.17, 15) is 9.90 Å². The number of carboxylic acid groups (broad SMARTS) is 1. The Balaban J connectivity index is 2.25. The lowest BCUT2D eigenvalue weighted by Crippen LogP contribution is -2.55. The van der Waals surface area contributed by atoms with Crippen molar-refractivity contribution in [2.45, 2.75) is 44.7 Å². The SMILES string of the molecule is CC(c1ccsc1)N1CCCCC1(C)C(=O)O. The number of carbonyl (C=O) groups is 1. The lowest BCUT2D eigenvalue weighted by atomic mass is 9.86. The van der Waals surface area contributed by atoms with E-state index in [2.05, 4.69) is 23.3 Å². The monoisotopic (exact) mass is 253 g/mol. The first-order valence-corrected chi connectivity index (χ1v) is 7.02. The Morgan fingerprint density at radius 3 is 2.94 bits per heavy atom. The number of hydrogen-bond donors (Lipinski definition) is 1. The van der Waals surface area contributed by atoms with Crippen LogP contribution in [0.15, 0.2) is 16.8 Å². The summed E-state index contributed by atoms with van der Waals surface area (Å²) in [6.45, 7) is 4.84. The molecule has 4 heteroatoms. The maximum atomic E-state index is 11.5. The van der Waals surface area contributed by atoms with Gasteiger partial charge in [0.25, 0.3) is 0 Å². The second-order valence-electron chi connectivity index (χ2n) is 4.96. The third kappa shape index (κ3) is 2.24. The highest BCUT2D eigenvalue weighted by Crippen LogP contribution is 2.36. The highest BCUT2D eigenvalue weighted by atomic mass is 32.1. The normalized spacial score (nSPS) is 27.9. The lowest BCUT2D eigenvalue weighted by molar-refractivity contribution is -0.155. The van der Waals surface area contributed by atoms with Gasteiger partial charge in [0.15, 0.2) is 0 Å². The molecule has 1 aliphatic heterocycles. The fraction of sp³-hybridized carbons (Fsp3) is 0.615. The van der Waals surface area contributed by atoms with Gasteiger partial charge in [0.05, 0.1) is 0 Å². The molecule has 17 heavy (non-hydrogen) atoms. The first-order chi connectivity index (χ1) is 8.05. The van der Waals surface area contributed by atoms with Crippen molar-refractivity contribution in [2.24, 2.45) is 0 Å². The lowest BCUT2D eigenvalue weighted by Gasteiger charge is -2.45. The van der Waals surface area contributed by atoms with Gasteiger partial charge >= 0.3 is 5.97 Å². The van der Waals surface area contributed by atoms with E-state index in [1.54, 1.807) is 11.3 Å². The molecule has 2 rings (SSSR count). The molecule has 0 aromatic carbocycles. The standard InChI is InChI=1S/C13H19NO2S/c1-10(11-5-8-17-9-11)14-7-4-3-6-13(14,2)12(15)16/h5,8-10H,3-4,6-7H2,1-2H3,(H,15,16). The van der Waals surface area contributed by atoms with E-state index in [0.717, 1.165) is 25.8 Å². The van der Waals surface area contributed by atoms with Crippen LogP contribution in [0.4, 0.5) is 0 Å². The molecule has 1 saturated heterocycles. The van der Waals surface area contributed by atoms with Crippen molar-refractivity contribution in [2.75, 3.05) is 6.54 Å². The highest BCUT2D eigenvalue weighted by Gasteiger charge is 2.43. The van der Waals surface area contributed by atoms with Crippen molar-refractivity contribution in [3.8, 4) is 0 Å². The Bertz CT molecular complexity index is 390. The summed E-state index contributed by atoms with van der Waals surface area (Å²) in [4.78, 5) is 13.7. The molecule has 0 bridgehead atoms. The Morgan fingerprint density at radius 1 is 1.59 bits per heavy atom. The molecule has 1 aliphatic rings. The van der Waals surface area contributed by atoms with E-state index < -0.39 is 11.5 Å². The zero-order chi connectivity index (χ0) is 12.5. The minimum absolute atomic E-state index is 0.183. The molecule has 1 aromatic rings. The van der Waals surface area contributed by atoms with Crippen LogP contribution < -0.4 is 0 Å². The summed E-state index contributed by atoms with van der Waals surface area (Å²) >= 11 is 1.67. The number of rotatable bonds is 3. The molecule has 3 nitrogen and oxygen atoms in total. The number of nitrogens with zero attached hydrogens (tertiary/aromatic N) is 1. The minimum atomic E-state index is -0.709. The number of hydrogen-bond acceptors (Lipinski definition) is 3. The van der Waals surface area contributed by atoms with E-state index in [1.807, 2.05) is 12.3 Å². The summed E-state index contributed by atoms with van der Waals surface area (Å²) in [6.07, 6.45) is 2.85. The molecule has 0 amide bonds. The quantitative estimate of drug-likeness (QED) is 0.899. The van der Waals surface area contributed by atoms with Crippen molar-refractivity contribution >= 4 is 17.3 Å². The molecule has 2 heterocycles. The van der Waals surface area contributed by atoms with Crippen molar-refractivity contribution in [3.05, 3.63) is 22.4 Å². The van der Waals surface area contributed by atoms with Crippen LogP contribution in [0.25, 0.3) is 0 Å². The molecule has 0 spiro atoms. The molecule has 2 atom stereocenters. The van der Waals surface area contributed by atoms with Crippen molar-refractivity contribution in [1.82, 2.24) is 4.90 Å². The first-order valence-electron chi connectivity index (χ1n) is 6.08. The van der Waals surface area contributed by atoms with Gasteiger partial charge in [-0.1, -0.05) is 0 Å². The molecule has 1 aromatic heterocycles. The molecule has 0 radical (unpaired) electrons. The van der Waals surface area contributed by atoms with Gasteiger partial charge in [-0.2, -0.15) is 11.3 Å². The van der Waals surface area contributed by atoms with Crippen LogP contribution >= 0.6 is 11.3 Å². The predicted molar refractivity (Wildman–Crippen MR) is 69.3 cm³/mol. The molecular weight excluding hydrogens is 234 g/mol. The van der Waals surface area contributed by atoms with Gasteiger partial charge in [-0.25, -0.2) is 0 Å². The van der Waals surface area contributed by atoms with E-state index in [0.29, 0.717) is 0 Å². The second kappa shape index (κ2) is 4.78. The molecule has 0 saturated carbocycles. The van der Waals surface area contributed by atoms with Crippen LogP contribution in [0, 0.1) is 0 Å². The Hall–Kier alpha value is -0.870. The van der Waals surface area contributed by atoms with Crippen LogP contribution in [0.3, 0.4) is 0 Å². The predicted octanol–water partition coefficient (Wildman–Crippen LogP) is 3.14. The zero-order valence-electron chi connectivity index (χ0n) is 10.3. The summed E-state index contributed by atoms with van der Waals surface area (Å²) in [5.41, 5.74) is 0.518. The number of thiophene rings is 1. The molecule has 1 N–H and O–H groups in total. The van der Waals surface area contributed by atoms with Crippen LogP contribution in [-0.2, 0) is 4.79 Å². The first kappa shape index (κ1) is 12.6. The Kier molecular flexibility index (Phi) is 3.54. The van der Waals surface area contributed by atoms with Gasteiger partial charge < -0.3 is 5.11 Å². The van der Waals surface area contributed by atoms with Crippen LogP contribution in [0.5, 0.6) is 0 Å². The highest BCUT2D eigenvalue weighted by molar-refractivity contribution is 7.07. The van der Waals surface area contributed by atoms with Crippen molar-refractivity contribution in [3.63, 3.8) is 0 Å². The largest absolute Gasteiger partial charge is 0.480 e. The average Bonchev–Trinajstić information content (AvgIpc) is 2.82. The topological polar surface area (TPSA) is 40.5 Å². The summed E-state index contributed by atoms with van der Waals surface area (Å²) in [6, 6.07) is 2.27. The number of aliphatic carboxylic acids is 1. The Labute approximate surface area is 106 Å². The van der Waals surface area contributed by atoms with Crippen molar-refractivity contribution in [1.29, 1.82) is 0 Å². The summed E-state index contributed by atoms with van der Waals surface area (Å²) < 4.78 is 0. The van der Waals surface area contributed by atoms with Crippen LogP contribution in [-0.4, -0.2) is 28.1 Å². The van der Waals surface area contributed by atoms with Crippen LogP contribution in [0.1, 0.15) is 44.7 Å². The van der Waals surface area contributed by atoms with E-state index in [1.165, 1.54) is 5.56 Å².